The van der Waals surface area contributed by atoms with Crippen molar-refractivity contribution >= 4 is 11.5 Å². The Kier molecular flexibility index (Phi) is 2.33. The molecule has 8 heteroatoms. The monoisotopic (exact) mass is 245 g/mol. The van der Waals surface area contributed by atoms with E-state index >= 15 is 0 Å². The maximum absolute atomic E-state index is 11.4. The normalized spacial score (nSPS) is 10.9. The number of hydrogen-bond acceptors (Lipinski definition) is 5. The smallest absolute Gasteiger partial charge is 0.349 e. The van der Waals surface area contributed by atoms with Crippen LogP contribution in [0.15, 0.2) is 23.1 Å². The molecule has 3 N–H and O–H groups in total. The van der Waals surface area contributed by atoms with Crippen LogP contribution in [0.4, 0.5) is 5.82 Å². The van der Waals surface area contributed by atoms with E-state index in [0.29, 0.717) is 23.8 Å². The molecular weight excluding hydrogens is 234 g/mol. The number of aromatic amines is 2. The third-order valence-corrected chi connectivity index (χ3v) is 2.59. The molecule has 3 aromatic heterocycles. The summed E-state index contributed by atoms with van der Waals surface area (Å²) in [5.74, 6) is 1.24. The molecule has 0 atom stereocenters. The van der Waals surface area contributed by atoms with Gasteiger partial charge in [-0.25, -0.2) is 19.3 Å². The third-order valence-electron chi connectivity index (χ3n) is 2.59. The van der Waals surface area contributed by atoms with Crippen molar-refractivity contribution < 1.29 is 0 Å². The van der Waals surface area contributed by atoms with Gasteiger partial charge in [0.15, 0.2) is 5.65 Å². The number of fused-ring (bicyclic) bond motifs is 1. The van der Waals surface area contributed by atoms with Gasteiger partial charge in [-0.05, 0) is 13.0 Å². The number of rotatable bonds is 3. The van der Waals surface area contributed by atoms with E-state index in [1.54, 1.807) is 19.2 Å². The van der Waals surface area contributed by atoms with Gasteiger partial charge in [0, 0.05) is 12.3 Å². The Morgan fingerprint density at radius 3 is 3.11 bits per heavy atom. The molecule has 0 aliphatic heterocycles. The number of H-pyrrole nitrogens is 2. The van der Waals surface area contributed by atoms with Crippen LogP contribution in [0.1, 0.15) is 11.5 Å². The Morgan fingerprint density at radius 2 is 2.33 bits per heavy atom. The molecule has 0 amide bonds. The molecule has 0 spiro atoms. The topological polar surface area (TPSA) is 104 Å². The van der Waals surface area contributed by atoms with Crippen LogP contribution in [0, 0.1) is 6.92 Å². The van der Waals surface area contributed by atoms with Gasteiger partial charge in [0.1, 0.15) is 11.6 Å². The molecule has 0 radical (unpaired) electrons. The Balaban J connectivity index is 1.91. The van der Waals surface area contributed by atoms with Gasteiger partial charge >= 0.3 is 5.69 Å². The number of hydrogen-bond donors (Lipinski definition) is 3. The van der Waals surface area contributed by atoms with E-state index in [1.165, 1.54) is 4.40 Å². The molecule has 0 unspecified atom stereocenters. The van der Waals surface area contributed by atoms with E-state index in [9.17, 15) is 4.79 Å². The fourth-order valence-electron chi connectivity index (χ4n) is 1.76. The van der Waals surface area contributed by atoms with Gasteiger partial charge in [0.05, 0.1) is 12.2 Å². The van der Waals surface area contributed by atoms with Crippen molar-refractivity contribution in [1.82, 2.24) is 29.8 Å². The average molecular weight is 245 g/mol. The van der Waals surface area contributed by atoms with Crippen molar-refractivity contribution in [3.8, 4) is 0 Å². The van der Waals surface area contributed by atoms with Crippen LogP contribution in [0.25, 0.3) is 5.65 Å². The van der Waals surface area contributed by atoms with Crippen LogP contribution in [-0.4, -0.2) is 29.8 Å². The molecule has 0 bridgehead atoms. The molecule has 0 saturated carbocycles. The lowest BCUT2D eigenvalue weighted by atomic mass is 10.4. The van der Waals surface area contributed by atoms with Crippen molar-refractivity contribution in [1.29, 1.82) is 0 Å². The van der Waals surface area contributed by atoms with E-state index in [4.69, 9.17) is 0 Å². The summed E-state index contributed by atoms with van der Waals surface area (Å²) < 4.78 is 1.42. The van der Waals surface area contributed by atoms with Crippen molar-refractivity contribution in [3.05, 3.63) is 40.3 Å². The second kappa shape index (κ2) is 3.99. The summed E-state index contributed by atoms with van der Waals surface area (Å²) >= 11 is 0. The highest BCUT2D eigenvalue weighted by molar-refractivity contribution is 5.49. The lowest BCUT2D eigenvalue weighted by Crippen LogP contribution is -2.14. The zero-order valence-corrected chi connectivity index (χ0v) is 9.64. The molecule has 3 aromatic rings. The fraction of sp³-hybridized carbons (Fsp3) is 0.200. The lowest BCUT2D eigenvalue weighted by Gasteiger charge is -2.05. The first-order valence-corrected chi connectivity index (χ1v) is 5.41. The molecule has 0 saturated heterocycles. The van der Waals surface area contributed by atoms with Crippen molar-refractivity contribution in [2.45, 2.75) is 13.5 Å². The standard InChI is InChI=1S/C10H11N7O/c1-6-13-8(11-5-7-2-3-12-14-7)4-9-15-16-10(18)17(6)9/h2-4,11H,5H2,1H3,(H,12,14)(H,16,18). The minimum absolute atomic E-state index is 0.282. The van der Waals surface area contributed by atoms with Crippen LogP contribution in [0.2, 0.25) is 0 Å². The number of aryl methyl sites for hydroxylation is 1. The molecule has 0 aliphatic rings. The van der Waals surface area contributed by atoms with E-state index in [-0.39, 0.29) is 5.69 Å². The predicted molar refractivity (Wildman–Crippen MR) is 64.3 cm³/mol. The summed E-state index contributed by atoms with van der Waals surface area (Å²) in [5.41, 5.74) is 1.21. The average Bonchev–Trinajstić information content (AvgIpc) is 2.97. The Bertz CT molecular complexity index is 724. The molecule has 8 nitrogen and oxygen atoms in total. The predicted octanol–water partition coefficient (Wildman–Crippen LogP) is 0.0612. The number of nitrogens with zero attached hydrogens (tertiary/aromatic N) is 4. The summed E-state index contributed by atoms with van der Waals surface area (Å²) in [4.78, 5) is 15.7. The molecule has 92 valence electrons. The van der Waals surface area contributed by atoms with Gasteiger partial charge in [-0.15, -0.1) is 0 Å². The van der Waals surface area contributed by atoms with Crippen LogP contribution < -0.4 is 11.0 Å². The summed E-state index contributed by atoms with van der Waals surface area (Å²) in [6.45, 7) is 2.34. The SMILES string of the molecule is Cc1nc(NCc2ccn[nH]2)cc2n[nH]c(=O)n12. The number of nitrogens with one attached hydrogen (secondary N) is 3. The summed E-state index contributed by atoms with van der Waals surface area (Å²) in [6, 6.07) is 3.58. The molecule has 3 heterocycles. The highest BCUT2D eigenvalue weighted by Gasteiger charge is 2.06. The quantitative estimate of drug-likeness (QED) is 0.605. The van der Waals surface area contributed by atoms with Crippen LogP contribution in [0.3, 0.4) is 0 Å². The van der Waals surface area contributed by atoms with Crippen molar-refractivity contribution in [2.75, 3.05) is 5.32 Å². The maximum atomic E-state index is 11.4. The van der Waals surface area contributed by atoms with E-state index in [1.807, 2.05) is 6.07 Å². The van der Waals surface area contributed by atoms with E-state index < -0.39 is 0 Å². The Morgan fingerprint density at radius 1 is 1.44 bits per heavy atom. The summed E-state index contributed by atoms with van der Waals surface area (Å²) in [5, 5.41) is 16.1. The fourth-order valence-corrected chi connectivity index (χ4v) is 1.76. The van der Waals surface area contributed by atoms with Gasteiger partial charge in [-0.1, -0.05) is 0 Å². The third kappa shape index (κ3) is 1.73. The number of aromatic nitrogens is 6. The molecule has 0 aliphatic carbocycles. The summed E-state index contributed by atoms with van der Waals surface area (Å²) in [6.07, 6.45) is 1.69. The molecule has 0 fully saturated rings. The molecule has 18 heavy (non-hydrogen) atoms. The Labute approximate surface area is 101 Å². The van der Waals surface area contributed by atoms with E-state index in [2.05, 4.69) is 30.7 Å². The second-order valence-electron chi connectivity index (χ2n) is 3.85. The second-order valence-corrected chi connectivity index (χ2v) is 3.85. The minimum Gasteiger partial charge on any atom is -0.364 e. The molecule has 0 aromatic carbocycles. The first-order valence-electron chi connectivity index (χ1n) is 5.41. The summed E-state index contributed by atoms with van der Waals surface area (Å²) in [7, 11) is 0. The first-order chi connectivity index (χ1) is 8.74. The van der Waals surface area contributed by atoms with Gasteiger partial charge in [-0.2, -0.15) is 10.2 Å². The van der Waals surface area contributed by atoms with Crippen LogP contribution >= 0.6 is 0 Å². The lowest BCUT2D eigenvalue weighted by molar-refractivity contribution is 0.923. The number of anilines is 1. The first kappa shape index (κ1) is 10.5. The van der Waals surface area contributed by atoms with Gasteiger partial charge in [-0.3, -0.25) is 5.10 Å². The van der Waals surface area contributed by atoms with Gasteiger partial charge in [0.2, 0.25) is 0 Å². The zero-order valence-electron chi connectivity index (χ0n) is 9.64. The largest absolute Gasteiger partial charge is 0.364 e. The van der Waals surface area contributed by atoms with Crippen molar-refractivity contribution in [3.63, 3.8) is 0 Å². The maximum Gasteiger partial charge on any atom is 0.349 e. The van der Waals surface area contributed by atoms with Gasteiger partial charge in [0.25, 0.3) is 0 Å². The Hall–Kier alpha value is -2.64. The minimum atomic E-state index is -0.282. The van der Waals surface area contributed by atoms with E-state index in [0.717, 1.165) is 5.69 Å². The molecular formula is C10H11N7O. The van der Waals surface area contributed by atoms with Crippen LogP contribution in [-0.2, 0) is 6.54 Å². The van der Waals surface area contributed by atoms with Gasteiger partial charge < -0.3 is 5.32 Å². The highest BCUT2D eigenvalue weighted by atomic mass is 16.1. The highest BCUT2D eigenvalue weighted by Crippen LogP contribution is 2.08. The van der Waals surface area contributed by atoms with Crippen molar-refractivity contribution in [2.24, 2.45) is 0 Å². The van der Waals surface area contributed by atoms with Crippen LogP contribution in [0.5, 0.6) is 0 Å². The molecule has 3 rings (SSSR count). The zero-order chi connectivity index (χ0) is 12.5.